The number of likely N-dealkylation sites (N-methyl/N-ethyl adjacent to an activating group) is 2. The number of nitrogens with one attached hydrogen (secondary N) is 1. The zero-order valence-corrected chi connectivity index (χ0v) is 10.9. The maximum Gasteiger partial charge on any atom is 0.233 e. The van der Waals surface area contributed by atoms with Gasteiger partial charge in [0.1, 0.15) is 0 Å². The van der Waals surface area contributed by atoms with Crippen molar-refractivity contribution in [1.82, 2.24) is 10.2 Å². The fourth-order valence-corrected chi connectivity index (χ4v) is 1.71. The molecule has 0 fully saturated rings. The van der Waals surface area contributed by atoms with Crippen molar-refractivity contribution in [3.05, 3.63) is 28.8 Å². The zero-order chi connectivity index (χ0) is 12.8. The molecule has 0 aliphatic rings. The van der Waals surface area contributed by atoms with Gasteiger partial charge in [-0.15, -0.1) is 0 Å². The van der Waals surface area contributed by atoms with Gasteiger partial charge in [0.2, 0.25) is 5.91 Å². The van der Waals surface area contributed by atoms with Crippen molar-refractivity contribution in [3.8, 4) is 0 Å². The molecule has 1 amide bonds. The molecule has 3 N–H and O–H groups in total. The average molecular weight is 256 g/mol. The topological polar surface area (TPSA) is 58.4 Å². The smallest absolute Gasteiger partial charge is 0.233 e. The number of nitrogen functional groups attached to an aromatic ring is 1. The van der Waals surface area contributed by atoms with Crippen LogP contribution in [0.2, 0.25) is 5.02 Å². The fraction of sp³-hybridized carbons (Fsp3) is 0.417. The number of carbonyl (C=O) groups excluding carboxylic acids is 1. The summed E-state index contributed by atoms with van der Waals surface area (Å²) in [5.74, 6) is -0.00699. The minimum absolute atomic E-state index is 0.00699. The van der Waals surface area contributed by atoms with E-state index >= 15 is 0 Å². The molecule has 0 bridgehead atoms. The summed E-state index contributed by atoms with van der Waals surface area (Å²) >= 11 is 5.92. The maximum absolute atomic E-state index is 11.3. The SMILES string of the molecule is CCN(CC(=O)NC)Cc1cc(Cl)ccc1N. The van der Waals surface area contributed by atoms with Crippen molar-refractivity contribution in [2.75, 3.05) is 25.9 Å². The van der Waals surface area contributed by atoms with E-state index in [9.17, 15) is 4.79 Å². The first-order valence-corrected chi connectivity index (χ1v) is 5.91. The first-order valence-electron chi connectivity index (χ1n) is 5.53. The minimum Gasteiger partial charge on any atom is -0.398 e. The van der Waals surface area contributed by atoms with E-state index in [1.165, 1.54) is 0 Å². The summed E-state index contributed by atoms with van der Waals surface area (Å²) in [6.07, 6.45) is 0. The van der Waals surface area contributed by atoms with Gasteiger partial charge in [-0.2, -0.15) is 0 Å². The number of rotatable bonds is 5. The fourth-order valence-electron chi connectivity index (χ4n) is 1.51. The number of carbonyl (C=O) groups is 1. The molecule has 0 spiro atoms. The van der Waals surface area contributed by atoms with Gasteiger partial charge in [-0.25, -0.2) is 0 Å². The Kier molecular flexibility index (Phi) is 5.25. The second kappa shape index (κ2) is 6.47. The van der Waals surface area contributed by atoms with Gasteiger partial charge in [-0.05, 0) is 30.3 Å². The van der Waals surface area contributed by atoms with Crippen LogP contribution in [0.15, 0.2) is 18.2 Å². The first kappa shape index (κ1) is 13.8. The molecule has 0 saturated heterocycles. The van der Waals surface area contributed by atoms with Crippen LogP contribution in [0.5, 0.6) is 0 Å². The van der Waals surface area contributed by atoms with Crippen LogP contribution < -0.4 is 11.1 Å². The van der Waals surface area contributed by atoms with Gasteiger partial charge in [0.15, 0.2) is 0 Å². The molecule has 0 aliphatic heterocycles. The van der Waals surface area contributed by atoms with Gasteiger partial charge in [-0.3, -0.25) is 9.69 Å². The highest BCUT2D eigenvalue weighted by Gasteiger charge is 2.10. The predicted octanol–water partition coefficient (Wildman–Crippen LogP) is 1.49. The Balaban J connectivity index is 2.73. The minimum atomic E-state index is -0.00699. The molecule has 0 atom stereocenters. The molecule has 1 aromatic carbocycles. The van der Waals surface area contributed by atoms with Gasteiger partial charge in [0.25, 0.3) is 0 Å². The number of anilines is 1. The van der Waals surface area contributed by atoms with Crippen LogP contribution >= 0.6 is 11.6 Å². The number of benzene rings is 1. The highest BCUT2D eigenvalue weighted by molar-refractivity contribution is 6.30. The molecule has 94 valence electrons. The summed E-state index contributed by atoms with van der Waals surface area (Å²) in [6, 6.07) is 5.38. The van der Waals surface area contributed by atoms with Crippen molar-refractivity contribution in [2.24, 2.45) is 0 Å². The number of amides is 1. The third-order valence-corrected chi connectivity index (χ3v) is 2.83. The van der Waals surface area contributed by atoms with E-state index in [4.69, 9.17) is 17.3 Å². The summed E-state index contributed by atoms with van der Waals surface area (Å²) in [6.45, 7) is 3.76. The molecule has 17 heavy (non-hydrogen) atoms. The molecule has 0 radical (unpaired) electrons. The van der Waals surface area contributed by atoms with Gasteiger partial charge in [-0.1, -0.05) is 18.5 Å². The van der Waals surface area contributed by atoms with E-state index in [0.29, 0.717) is 23.8 Å². The number of halogens is 1. The Morgan fingerprint density at radius 3 is 2.82 bits per heavy atom. The molecule has 1 rings (SSSR count). The van der Waals surface area contributed by atoms with Crippen molar-refractivity contribution in [2.45, 2.75) is 13.5 Å². The van der Waals surface area contributed by atoms with Crippen LogP contribution in [0.3, 0.4) is 0 Å². The van der Waals surface area contributed by atoms with Gasteiger partial charge < -0.3 is 11.1 Å². The van der Waals surface area contributed by atoms with Crippen molar-refractivity contribution >= 4 is 23.2 Å². The number of nitrogens with zero attached hydrogens (tertiary/aromatic N) is 1. The van der Waals surface area contributed by atoms with Crippen LogP contribution in [0.4, 0.5) is 5.69 Å². The molecule has 0 heterocycles. The first-order chi connectivity index (χ1) is 8.06. The highest BCUT2D eigenvalue weighted by atomic mass is 35.5. The quantitative estimate of drug-likeness (QED) is 0.784. The Morgan fingerprint density at radius 1 is 1.53 bits per heavy atom. The second-order valence-corrected chi connectivity index (χ2v) is 4.26. The van der Waals surface area contributed by atoms with Gasteiger partial charge in [0, 0.05) is 24.3 Å². The Bertz CT molecular complexity index is 395. The normalized spacial score (nSPS) is 10.6. The highest BCUT2D eigenvalue weighted by Crippen LogP contribution is 2.19. The summed E-state index contributed by atoms with van der Waals surface area (Å²) in [7, 11) is 1.63. The zero-order valence-electron chi connectivity index (χ0n) is 10.2. The third kappa shape index (κ3) is 4.24. The van der Waals surface area contributed by atoms with Crippen LogP contribution in [0, 0.1) is 0 Å². The van der Waals surface area contributed by atoms with Gasteiger partial charge >= 0.3 is 0 Å². The van der Waals surface area contributed by atoms with Crippen LogP contribution in [-0.4, -0.2) is 30.9 Å². The molecule has 5 heteroatoms. The Morgan fingerprint density at radius 2 is 2.24 bits per heavy atom. The monoisotopic (exact) mass is 255 g/mol. The van der Waals surface area contributed by atoms with Crippen molar-refractivity contribution in [3.63, 3.8) is 0 Å². The van der Waals surface area contributed by atoms with E-state index in [-0.39, 0.29) is 5.91 Å². The van der Waals surface area contributed by atoms with Gasteiger partial charge in [0.05, 0.1) is 6.54 Å². The largest absolute Gasteiger partial charge is 0.398 e. The second-order valence-electron chi connectivity index (χ2n) is 3.82. The number of hydrogen-bond donors (Lipinski definition) is 2. The molecule has 1 aromatic rings. The lowest BCUT2D eigenvalue weighted by atomic mass is 10.1. The molecule has 0 unspecified atom stereocenters. The molecular weight excluding hydrogens is 238 g/mol. The van der Waals surface area contributed by atoms with Crippen LogP contribution in [-0.2, 0) is 11.3 Å². The van der Waals surface area contributed by atoms with Crippen molar-refractivity contribution < 1.29 is 4.79 Å². The molecule has 0 aliphatic carbocycles. The summed E-state index contributed by atoms with van der Waals surface area (Å²) in [4.78, 5) is 13.3. The van der Waals surface area contributed by atoms with E-state index in [0.717, 1.165) is 12.1 Å². The lowest BCUT2D eigenvalue weighted by Gasteiger charge is -2.20. The summed E-state index contributed by atoms with van der Waals surface area (Å²) in [5, 5.41) is 3.26. The molecule has 0 aromatic heterocycles. The molecule has 4 nitrogen and oxygen atoms in total. The Labute approximate surface area is 107 Å². The summed E-state index contributed by atoms with van der Waals surface area (Å²) < 4.78 is 0. The predicted molar refractivity (Wildman–Crippen MR) is 70.9 cm³/mol. The van der Waals surface area contributed by atoms with E-state index in [1.54, 1.807) is 19.2 Å². The van der Waals surface area contributed by atoms with Crippen molar-refractivity contribution in [1.29, 1.82) is 0 Å². The standard InChI is InChI=1S/C12H18ClN3O/c1-3-16(8-12(17)15-2)7-9-6-10(13)4-5-11(9)14/h4-6H,3,7-8,14H2,1-2H3,(H,15,17). The van der Waals surface area contributed by atoms with E-state index in [1.807, 2.05) is 17.9 Å². The Hall–Kier alpha value is -1.26. The third-order valence-electron chi connectivity index (χ3n) is 2.59. The lowest BCUT2D eigenvalue weighted by Crippen LogP contribution is -2.35. The summed E-state index contributed by atoms with van der Waals surface area (Å²) in [5.41, 5.74) is 7.52. The number of hydrogen-bond acceptors (Lipinski definition) is 3. The average Bonchev–Trinajstić information content (AvgIpc) is 2.32. The maximum atomic E-state index is 11.3. The van der Waals surface area contributed by atoms with E-state index < -0.39 is 0 Å². The lowest BCUT2D eigenvalue weighted by molar-refractivity contribution is -0.121. The van der Waals surface area contributed by atoms with Crippen LogP contribution in [0.25, 0.3) is 0 Å². The number of nitrogens with two attached hydrogens (primary N) is 1. The van der Waals surface area contributed by atoms with E-state index in [2.05, 4.69) is 5.32 Å². The molecular formula is C12H18ClN3O. The molecule has 0 saturated carbocycles. The van der Waals surface area contributed by atoms with Crippen LogP contribution in [0.1, 0.15) is 12.5 Å².